The highest BCUT2D eigenvalue weighted by atomic mass is 32.2. The van der Waals surface area contributed by atoms with E-state index in [1.54, 1.807) is 25.3 Å². The van der Waals surface area contributed by atoms with Crippen molar-refractivity contribution in [1.82, 2.24) is 15.3 Å². The first-order valence-corrected chi connectivity index (χ1v) is 11.2. The molecule has 0 atom stereocenters. The third-order valence-corrected chi connectivity index (χ3v) is 4.91. The Morgan fingerprint density at radius 1 is 1.27 bits per heavy atom. The van der Waals surface area contributed by atoms with Gasteiger partial charge in [-0.25, -0.2) is 4.79 Å². The lowest BCUT2D eigenvalue weighted by Crippen LogP contribution is -2.20. The lowest BCUT2D eigenvalue weighted by molar-refractivity contribution is -0.387. The van der Waals surface area contributed by atoms with Gasteiger partial charge in [-0.1, -0.05) is 11.8 Å². The Balaban J connectivity index is 2.02. The maximum atomic E-state index is 11.9. The van der Waals surface area contributed by atoms with Gasteiger partial charge in [0.25, 0.3) is 0 Å². The molecule has 0 amide bonds. The number of esters is 1. The Kier molecular flexibility index (Phi) is 7.87. The lowest BCUT2D eigenvalue weighted by atomic mass is 10.1. The molecule has 33 heavy (non-hydrogen) atoms. The fraction of sp³-hybridized carbons (Fsp3) is 0.400. The molecule has 1 N–H and O–H groups in total. The largest absolute Gasteiger partial charge is 0.463 e. The number of ether oxygens (including phenoxy) is 3. The van der Waals surface area contributed by atoms with Crippen molar-refractivity contribution < 1.29 is 23.9 Å². The molecule has 176 valence electrons. The van der Waals surface area contributed by atoms with E-state index in [0.29, 0.717) is 18.1 Å². The number of hydrogen-bond donors (Lipinski definition) is 1. The van der Waals surface area contributed by atoms with Crippen LogP contribution in [0.4, 0.5) is 11.4 Å². The van der Waals surface area contributed by atoms with Crippen LogP contribution in [0.3, 0.4) is 0 Å². The van der Waals surface area contributed by atoms with Crippen molar-refractivity contribution in [2.45, 2.75) is 12.1 Å². The van der Waals surface area contributed by atoms with E-state index in [2.05, 4.69) is 20.3 Å². The number of nitro groups is 1. The minimum atomic E-state index is -0.709. The smallest absolute Gasteiger partial charge is 0.392 e. The highest BCUT2D eigenvalue weighted by Crippen LogP contribution is 2.38. The van der Waals surface area contributed by atoms with Gasteiger partial charge in [-0.3, -0.25) is 15.1 Å². The molecule has 3 rings (SSSR count). The fourth-order valence-corrected chi connectivity index (χ4v) is 3.23. The summed E-state index contributed by atoms with van der Waals surface area (Å²) in [7, 11) is 3.74. The summed E-state index contributed by atoms with van der Waals surface area (Å²) in [5.74, 6) is -0.330. The molecule has 2 heterocycles. The summed E-state index contributed by atoms with van der Waals surface area (Å²) in [6.45, 7) is 2.65. The number of thioether (sulfide) groups is 1. The van der Waals surface area contributed by atoms with Crippen LogP contribution in [0.5, 0.6) is 17.5 Å². The van der Waals surface area contributed by atoms with Gasteiger partial charge >= 0.3 is 23.4 Å². The molecule has 1 aliphatic rings. The third-order valence-electron chi connectivity index (χ3n) is 4.37. The summed E-state index contributed by atoms with van der Waals surface area (Å²) in [4.78, 5) is 37.3. The number of aromatic nitrogens is 2. The number of carbonyl (C=O) groups excluding carboxylic acids is 1. The van der Waals surface area contributed by atoms with Crippen molar-refractivity contribution in [2.75, 3.05) is 51.6 Å². The first-order valence-electron chi connectivity index (χ1n) is 10.00. The molecular weight excluding hydrogens is 452 g/mol. The molecule has 0 aliphatic carbocycles. The lowest BCUT2D eigenvalue weighted by Gasteiger charge is -2.17. The van der Waals surface area contributed by atoms with Crippen molar-refractivity contribution in [3.8, 4) is 17.5 Å². The van der Waals surface area contributed by atoms with E-state index in [1.165, 1.54) is 0 Å². The van der Waals surface area contributed by atoms with E-state index in [-0.39, 0.29) is 23.5 Å². The zero-order chi connectivity index (χ0) is 24.0. The van der Waals surface area contributed by atoms with Crippen molar-refractivity contribution in [3.63, 3.8) is 0 Å². The minimum absolute atomic E-state index is 0.156. The van der Waals surface area contributed by atoms with Gasteiger partial charge in [0.15, 0.2) is 11.8 Å². The van der Waals surface area contributed by atoms with E-state index in [1.807, 2.05) is 25.1 Å². The Morgan fingerprint density at radius 2 is 2.03 bits per heavy atom. The van der Waals surface area contributed by atoms with Crippen LogP contribution >= 0.6 is 11.8 Å². The van der Waals surface area contributed by atoms with Gasteiger partial charge in [-0.15, -0.1) is 0 Å². The van der Waals surface area contributed by atoms with Crippen molar-refractivity contribution in [1.29, 1.82) is 0 Å². The van der Waals surface area contributed by atoms with Gasteiger partial charge < -0.3 is 24.4 Å². The SMILES string of the molecule is CCOC(=O)COc1nc(SC)nc(Oc2cc(C3=NCCN3)cc(N(C)C)c2)c1[N+](=O)[O-]. The number of amidine groups is 1. The van der Waals surface area contributed by atoms with Crippen LogP contribution in [0, 0.1) is 10.1 Å². The van der Waals surface area contributed by atoms with Crippen molar-refractivity contribution in [2.24, 2.45) is 4.99 Å². The highest BCUT2D eigenvalue weighted by Gasteiger charge is 2.29. The molecule has 1 aromatic carbocycles. The van der Waals surface area contributed by atoms with E-state index in [0.717, 1.165) is 29.6 Å². The van der Waals surface area contributed by atoms with Gasteiger partial charge in [-0.2, -0.15) is 9.97 Å². The Morgan fingerprint density at radius 3 is 2.64 bits per heavy atom. The number of nitrogens with one attached hydrogen (secondary N) is 1. The minimum Gasteiger partial charge on any atom is -0.463 e. The maximum absolute atomic E-state index is 11.9. The van der Waals surface area contributed by atoms with Gasteiger partial charge in [0, 0.05) is 38.0 Å². The summed E-state index contributed by atoms with van der Waals surface area (Å²) in [6.07, 6.45) is 1.70. The van der Waals surface area contributed by atoms with E-state index in [9.17, 15) is 14.9 Å². The Bertz CT molecular complexity index is 1080. The maximum Gasteiger partial charge on any atom is 0.392 e. The molecule has 2 aromatic rings. The highest BCUT2D eigenvalue weighted by molar-refractivity contribution is 7.98. The summed E-state index contributed by atoms with van der Waals surface area (Å²) in [5, 5.41) is 15.2. The molecule has 0 bridgehead atoms. The molecule has 1 aliphatic heterocycles. The number of aliphatic imine (C=N–C) groups is 1. The molecule has 0 fully saturated rings. The standard InChI is InChI=1S/C20H24N6O6S/c1-5-30-15(27)11-31-18-16(26(28)29)19(24-20(23-18)33-4)32-14-9-12(17-21-6-7-22-17)8-13(10-14)25(2)3/h8-10H,5-7,11H2,1-4H3,(H,21,22). The summed E-state index contributed by atoms with van der Waals surface area (Å²) in [6, 6.07) is 5.37. The number of benzene rings is 1. The first-order chi connectivity index (χ1) is 15.8. The van der Waals surface area contributed by atoms with Crippen LogP contribution in [0.15, 0.2) is 28.3 Å². The van der Waals surface area contributed by atoms with Crippen LogP contribution < -0.4 is 19.7 Å². The van der Waals surface area contributed by atoms with E-state index in [4.69, 9.17) is 14.2 Å². The van der Waals surface area contributed by atoms with E-state index >= 15 is 0 Å². The van der Waals surface area contributed by atoms with Crippen LogP contribution in [0.1, 0.15) is 12.5 Å². The molecule has 1 aromatic heterocycles. The van der Waals surface area contributed by atoms with Crippen LogP contribution in [0.25, 0.3) is 0 Å². The average Bonchev–Trinajstić information content (AvgIpc) is 3.32. The zero-order valence-electron chi connectivity index (χ0n) is 18.7. The quantitative estimate of drug-likeness (QED) is 0.177. The molecule has 0 radical (unpaired) electrons. The Labute approximate surface area is 194 Å². The predicted octanol–water partition coefficient (Wildman–Crippen LogP) is 2.26. The molecule has 0 saturated carbocycles. The molecule has 0 unspecified atom stereocenters. The van der Waals surface area contributed by atoms with Gasteiger partial charge in [-0.05, 0) is 25.3 Å². The number of nitrogens with zero attached hydrogens (tertiary/aromatic N) is 5. The second-order valence-corrected chi connectivity index (χ2v) is 7.66. The van der Waals surface area contributed by atoms with Crippen LogP contribution in [-0.4, -0.2) is 73.4 Å². The summed E-state index contributed by atoms with van der Waals surface area (Å²) >= 11 is 1.15. The topological polar surface area (TPSA) is 141 Å². The van der Waals surface area contributed by atoms with Gasteiger partial charge in [0.05, 0.1) is 18.1 Å². The van der Waals surface area contributed by atoms with Gasteiger partial charge in [0.1, 0.15) is 11.6 Å². The van der Waals surface area contributed by atoms with Crippen molar-refractivity contribution in [3.05, 3.63) is 33.9 Å². The van der Waals surface area contributed by atoms with Crippen LogP contribution in [-0.2, 0) is 9.53 Å². The second kappa shape index (κ2) is 10.8. The monoisotopic (exact) mass is 476 g/mol. The number of hydrogen-bond acceptors (Lipinski definition) is 12. The molecule has 0 saturated heterocycles. The molecule has 12 nitrogen and oxygen atoms in total. The zero-order valence-corrected chi connectivity index (χ0v) is 19.5. The molecular formula is C20H24N6O6S. The number of carbonyl (C=O) groups is 1. The van der Waals surface area contributed by atoms with E-state index < -0.39 is 23.2 Å². The second-order valence-electron chi connectivity index (χ2n) is 6.89. The van der Waals surface area contributed by atoms with Crippen LogP contribution in [0.2, 0.25) is 0 Å². The van der Waals surface area contributed by atoms with Crippen molar-refractivity contribution >= 4 is 34.9 Å². The number of anilines is 1. The third kappa shape index (κ3) is 6.00. The summed E-state index contributed by atoms with van der Waals surface area (Å²) < 4.78 is 16.0. The fourth-order valence-electron chi connectivity index (χ4n) is 2.89. The average molecular weight is 477 g/mol. The predicted molar refractivity (Wildman–Crippen MR) is 123 cm³/mol. The molecule has 13 heteroatoms. The Hall–Kier alpha value is -3.61. The first kappa shape index (κ1) is 24.0. The summed E-state index contributed by atoms with van der Waals surface area (Å²) in [5.41, 5.74) is 0.985. The normalized spacial score (nSPS) is 12.5. The van der Waals surface area contributed by atoms with Gasteiger partial charge in [0.2, 0.25) is 0 Å². The number of rotatable bonds is 10. The molecule has 0 spiro atoms.